The average Bonchev–Trinajstić information content (AvgIpc) is 2.90. The van der Waals surface area contributed by atoms with E-state index in [0.29, 0.717) is 24.1 Å². The summed E-state index contributed by atoms with van der Waals surface area (Å²) < 4.78 is 34.7. The van der Waals surface area contributed by atoms with Crippen LogP contribution in [0.2, 0.25) is 0 Å². The number of hydrogen-bond acceptors (Lipinski definition) is 5. The molecule has 0 radical (unpaired) electrons. The molecule has 1 saturated heterocycles. The first-order valence-electron chi connectivity index (χ1n) is 6.89. The zero-order chi connectivity index (χ0) is 14.2. The number of hydrogen-bond donors (Lipinski definition) is 1. The van der Waals surface area contributed by atoms with E-state index < -0.39 is 9.84 Å². The molecular weight excluding hydrogens is 278 g/mol. The molecule has 0 aliphatic carbocycles. The second-order valence-electron chi connectivity index (χ2n) is 5.46. The molecule has 2 aliphatic heterocycles. The van der Waals surface area contributed by atoms with E-state index in [1.165, 1.54) is 12.7 Å². The lowest BCUT2D eigenvalue weighted by Gasteiger charge is -2.28. The van der Waals surface area contributed by atoms with Crippen molar-refractivity contribution in [3.8, 4) is 11.5 Å². The van der Waals surface area contributed by atoms with Gasteiger partial charge in [-0.05, 0) is 31.5 Å². The van der Waals surface area contributed by atoms with E-state index in [0.717, 1.165) is 19.4 Å². The van der Waals surface area contributed by atoms with Crippen molar-refractivity contribution in [2.45, 2.75) is 36.3 Å². The van der Waals surface area contributed by atoms with Crippen LogP contribution in [0.15, 0.2) is 23.1 Å². The van der Waals surface area contributed by atoms with Crippen LogP contribution < -0.4 is 14.8 Å². The van der Waals surface area contributed by atoms with Crippen molar-refractivity contribution in [2.75, 3.05) is 19.4 Å². The highest BCUT2D eigenvalue weighted by molar-refractivity contribution is 7.90. The minimum absolute atomic E-state index is 0.0205. The highest BCUT2D eigenvalue weighted by atomic mass is 32.2. The average molecular weight is 297 g/mol. The van der Waals surface area contributed by atoms with Crippen molar-refractivity contribution >= 4 is 9.84 Å². The fourth-order valence-corrected chi connectivity index (χ4v) is 3.35. The van der Waals surface area contributed by atoms with Crippen molar-refractivity contribution in [2.24, 2.45) is 0 Å². The quantitative estimate of drug-likeness (QED) is 0.913. The third kappa shape index (κ3) is 2.91. The lowest BCUT2D eigenvalue weighted by atomic mass is 10.1. The van der Waals surface area contributed by atoms with Crippen molar-refractivity contribution in [3.63, 3.8) is 0 Å². The van der Waals surface area contributed by atoms with Crippen LogP contribution in [0.1, 0.15) is 19.3 Å². The van der Waals surface area contributed by atoms with Gasteiger partial charge in [0.05, 0.1) is 4.90 Å². The molecule has 1 N–H and O–H groups in total. The molecule has 0 amide bonds. The van der Waals surface area contributed by atoms with Gasteiger partial charge in [-0.15, -0.1) is 0 Å². The van der Waals surface area contributed by atoms with Crippen molar-refractivity contribution in [3.05, 3.63) is 18.2 Å². The zero-order valence-corrected chi connectivity index (χ0v) is 12.3. The molecule has 2 unspecified atom stereocenters. The van der Waals surface area contributed by atoms with Crippen LogP contribution in [0.25, 0.3) is 0 Å². The maximum absolute atomic E-state index is 11.6. The maximum Gasteiger partial charge on any atom is 0.175 e. The molecule has 1 aromatic rings. The first-order valence-corrected chi connectivity index (χ1v) is 8.78. The van der Waals surface area contributed by atoms with Gasteiger partial charge in [0, 0.05) is 24.8 Å². The molecule has 2 aliphatic rings. The predicted molar refractivity (Wildman–Crippen MR) is 75.1 cm³/mol. The fourth-order valence-electron chi connectivity index (χ4n) is 2.72. The van der Waals surface area contributed by atoms with E-state index in [1.54, 1.807) is 18.2 Å². The number of rotatable bonds is 3. The van der Waals surface area contributed by atoms with Crippen LogP contribution >= 0.6 is 0 Å². The molecule has 3 rings (SSSR count). The number of sulfone groups is 1. The molecule has 20 heavy (non-hydrogen) atoms. The summed E-state index contributed by atoms with van der Waals surface area (Å²) >= 11 is 0. The van der Waals surface area contributed by atoms with E-state index in [-0.39, 0.29) is 11.0 Å². The Morgan fingerprint density at radius 2 is 2.20 bits per heavy atom. The summed E-state index contributed by atoms with van der Waals surface area (Å²) in [5, 5.41) is 3.43. The second kappa shape index (κ2) is 5.26. The molecule has 1 fully saturated rings. The Morgan fingerprint density at radius 1 is 1.35 bits per heavy atom. The standard InChI is InChI=1S/C14H19NO4S/c1-20(16,17)12-4-5-13-14(8-12)19-11(9-18-13)7-10-3-2-6-15-10/h4-5,8,10-11,15H,2-3,6-7,9H2,1H3. The highest BCUT2D eigenvalue weighted by Crippen LogP contribution is 2.35. The van der Waals surface area contributed by atoms with E-state index in [2.05, 4.69) is 5.32 Å². The van der Waals surface area contributed by atoms with Crippen LogP contribution in [0.5, 0.6) is 11.5 Å². The van der Waals surface area contributed by atoms with E-state index in [9.17, 15) is 8.42 Å². The van der Waals surface area contributed by atoms with Crippen LogP contribution in [-0.2, 0) is 9.84 Å². The van der Waals surface area contributed by atoms with Crippen LogP contribution in [-0.4, -0.2) is 40.0 Å². The Morgan fingerprint density at radius 3 is 2.90 bits per heavy atom. The first-order chi connectivity index (χ1) is 9.52. The lowest BCUT2D eigenvalue weighted by Crippen LogP contribution is -2.35. The molecular formula is C14H19NO4S. The van der Waals surface area contributed by atoms with E-state index >= 15 is 0 Å². The molecule has 6 heteroatoms. The highest BCUT2D eigenvalue weighted by Gasteiger charge is 2.26. The smallest absolute Gasteiger partial charge is 0.175 e. The third-order valence-electron chi connectivity index (χ3n) is 3.77. The van der Waals surface area contributed by atoms with Gasteiger partial charge in [-0.1, -0.05) is 0 Å². The molecule has 110 valence electrons. The number of nitrogens with one attached hydrogen (secondary N) is 1. The summed E-state index contributed by atoms with van der Waals surface area (Å²) in [6.07, 6.45) is 4.43. The minimum Gasteiger partial charge on any atom is -0.486 e. The van der Waals surface area contributed by atoms with Gasteiger partial charge in [0.15, 0.2) is 21.3 Å². The molecule has 0 bridgehead atoms. The van der Waals surface area contributed by atoms with E-state index in [1.807, 2.05) is 0 Å². The van der Waals surface area contributed by atoms with E-state index in [4.69, 9.17) is 9.47 Å². The molecule has 2 heterocycles. The topological polar surface area (TPSA) is 64.6 Å². The Labute approximate surface area is 119 Å². The van der Waals surface area contributed by atoms with Gasteiger partial charge >= 0.3 is 0 Å². The number of ether oxygens (including phenoxy) is 2. The van der Waals surface area contributed by atoms with Gasteiger partial charge in [0.2, 0.25) is 0 Å². The van der Waals surface area contributed by atoms with Crippen LogP contribution in [0.3, 0.4) is 0 Å². The summed E-state index contributed by atoms with van der Waals surface area (Å²) in [5.41, 5.74) is 0. The number of benzene rings is 1. The first kappa shape index (κ1) is 13.7. The summed E-state index contributed by atoms with van der Waals surface area (Å²) in [6.45, 7) is 1.58. The largest absolute Gasteiger partial charge is 0.486 e. The van der Waals surface area contributed by atoms with Crippen molar-refractivity contribution in [1.82, 2.24) is 5.32 Å². The molecule has 0 aromatic heterocycles. The predicted octanol–water partition coefficient (Wildman–Crippen LogP) is 1.37. The minimum atomic E-state index is -3.22. The van der Waals surface area contributed by atoms with Crippen molar-refractivity contribution in [1.29, 1.82) is 0 Å². The van der Waals surface area contributed by atoms with Gasteiger partial charge in [0.1, 0.15) is 12.7 Å². The molecule has 2 atom stereocenters. The molecule has 1 aromatic carbocycles. The Kier molecular flexibility index (Phi) is 3.60. The number of fused-ring (bicyclic) bond motifs is 1. The normalized spacial score (nSPS) is 25.6. The Bertz CT molecular complexity index is 593. The third-order valence-corrected chi connectivity index (χ3v) is 4.88. The summed E-state index contributed by atoms with van der Waals surface area (Å²) in [4.78, 5) is 0.263. The van der Waals surface area contributed by atoms with Crippen molar-refractivity contribution < 1.29 is 17.9 Å². The van der Waals surface area contributed by atoms with Gasteiger partial charge < -0.3 is 14.8 Å². The molecule has 0 spiro atoms. The van der Waals surface area contributed by atoms with Crippen LogP contribution in [0, 0.1) is 0 Å². The SMILES string of the molecule is CS(=O)(=O)c1ccc2c(c1)OC(CC1CCCN1)CO2. The van der Waals surface area contributed by atoms with Gasteiger partial charge in [-0.25, -0.2) is 8.42 Å². The Hall–Kier alpha value is -1.27. The van der Waals surface area contributed by atoms with Gasteiger partial charge in [-0.2, -0.15) is 0 Å². The fraction of sp³-hybridized carbons (Fsp3) is 0.571. The van der Waals surface area contributed by atoms with Crippen LogP contribution in [0.4, 0.5) is 0 Å². The monoisotopic (exact) mass is 297 g/mol. The zero-order valence-electron chi connectivity index (χ0n) is 11.5. The summed E-state index contributed by atoms with van der Waals surface area (Å²) in [7, 11) is -3.22. The second-order valence-corrected chi connectivity index (χ2v) is 7.48. The molecule has 0 saturated carbocycles. The summed E-state index contributed by atoms with van der Waals surface area (Å²) in [5.74, 6) is 1.15. The van der Waals surface area contributed by atoms with Gasteiger partial charge in [-0.3, -0.25) is 0 Å². The maximum atomic E-state index is 11.6. The van der Waals surface area contributed by atoms with Gasteiger partial charge in [0.25, 0.3) is 0 Å². The summed E-state index contributed by atoms with van der Waals surface area (Å²) in [6, 6.07) is 5.24. The molecule has 5 nitrogen and oxygen atoms in total. The lowest BCUT2D eigenvalue weighted by molar-refractivity contribution is 0.0779. The Balaban J connectivity index is 1.75.